The number of carbonyl (C=O) groups is 2. The van der Waals surface area contributed by atoms with Crippen LogP contribution < -0.4 is 5.32 Å². The molecule has 0 aromatic heterocycles. The van der Waals surface area contributed by atoms with Crippen molar-refractivity contribution < 1.29 is 67.2 Å². The molecule has 4 saturated heterocycles. The summed E-state index contributed by atoms with van der Waals surface area (Å²) in [4.78, 5) is 25.6. The molecule has 3 N–H and O–H groups in total. The Balaban J connectivity index is 1.17. The highest BCUT2D eigenvalue weighted by molar-refractivity contribution is 5.78. The number of hydrogen-bond acceptors (Lipinski definition) is 14. The fraction of sp³-hybridized carbons (Fsp3) is 0.755. The lowest BCUT2D eigenvalue weighted by Gasteiger charge is -2.48. The predicted octanol–water partition coefficient (Wildman–Crippen LogP) is 5.13. The highest BCUT2D eigenvalue weighted by Gasteiger charge is 2.60. The first-order valence-electron chi connectivity index (χ1n) is 23.4. The number of esters is 1. The standard InChI is InChI=1S/C49H73NO14/c1-11-26(2)44-29(5)17-18-48(64-44)23-35-20-34(63-48)16-15-28(4)43(27(3)13-12-14-33-24-57-46-42(52)30(6)19-36(47(53)60-35)49(33,46)54)61-40-22-38(56-10)45(32(8)59-40)62-39-21-37(55-9)41(50-25-51)31(7)58-39/h12-15,17-19,25-27,29,31-32,34-46,52,54H,11,16,20-24H2,1-10H3,(H,50,51)/b13-12+,28-15+,33-14+/t26?,27-,29-,31-,32-,34+,35-,36-,37-,38-,39-,40-,41+,42+,43+,44+,45-,46+,48+,49+/m0/s1. The van der Waals surface area contributed by atoms with Gasteiger partial charge in [0.2, 0.25) is 6.41 Å². The van der Waals surface area contributed by atoms with E-state index in [1.165, 1.54) is 0 Å². The number of carbonyl (C=O) groups excluding carboxylic acids is 2. The normalized spacial score (nSPS) is 47.8. The van der Waals surface area contributed by atoms with Crippen LogP contribution in [-0.4, -0.2) is 141 Å². The Morgan fingerprint density at radius 2 is 1.66 bits per heavy atom. The van der Waals surface area contributed by atoms with Gasteiger partial charge in [0.25, 0.3) is 0 Å². The maximum Gasteiger partial charge on any atom is 0.316 e. The Hall–Kier alpha value is -2.80. The van der Waals surface area contributed by atoms with Crippen LogP contribution in [0.15, 0.2) is 59.3 Å². The van der Waals surface area contributed by atoms with Crippen molar-refractivity contribution in [1.29, 1.82) is 0 Å². The van der Waals surface area contributed by atoms with Gasteiger partial charge in [0, 0.05) is 51.7 Å². The van der Waals surface area contributed by atoms with Crippen LogP contribution >= 0.6 is 0 Å². The van der Waals surface area contributed by atoms with Crippen LogP contribution in [0.1, 0.15) is 93.9 Å². The average molecular weight is 900 g/mol. The summed E-state index contributed by atoms with van der Waals surface area (Å²) in [5.74, 6) is -2.59. The van der Waals surface area contributed by atoms with E-state index >= 15 is 0 Å². The van der Waals surface area contributed by atoms with E-state index in [2.05, 4.69) is 45.2 Å². The first kappa shape index (κ1) is 49.1. The minimum atomic E-state index is -1.84. The molecule has 6 heterocycles. The van der Waals surface area contributed by atoms with Crippen LogP contribution in [0.3, 0.4) is 0 Å². The van der Waals surface area contributed by atoms with Crippen molar-refractivity contribution in [1.82, 2.24) is 5.32 Å². The quantitative estimate of drug-likeness (QED) is 0.149. The number of aliphatic hydroxyl groups is 2. The number of hydrogen-bond donors (Lipinski definition) is 3. The molecular formula is C49H73NO14. The fourth-order valence-corrected chi connectivity index (χ4v) is 10.9. The molecule has 64 heavy (non-hydrogen) atoms. The zero-order valence-corrected chi connectivity index (χ0v) is 39.3. The van der Waals surface area contributed by atoms with Gasteiger partial charge in [-0.1, -0.05) is 70.6 Å². The smallest absolute Gasteiger partial charge is 0.316 e. The number of methoxy groups -OCH3 is 2. The van der Waals surface area contributed by atoms with E-state index in [9.17, 15) is 19.8 Å². The van der Waals surface area contributed by atoms with Crippen molar-refractivity contribution in [2.24, 2.45) is 23.7 Å². The number of fused-ring (bicyclic) bond motifs is 2. The first-order valence-corrected chi connectivity index (χ1v) is 23.4. The van der Waals surface area contributed by atoms with Gasteiger partial charge in [-0.15, -0.1) is 0 Å². The lowest BCUT2D eigenvalue weighted by atomic mass is 9.71. The van der Waals surface area contributed by atoms with Gasteiger partial charge in [-0.25, -0.2) is 0 Å². The monoisotopic (exact) mass is 900 g/mol. The molecule has 7 aliphatic rings. The zero-order chi connectivity index (χ0) is 46.1. The zero-order valence-electron chi connectivity index (χ0n) is 39.3. The maximum atomic E-state index is 14.4. The van der Waals surface area contributed by atoms with Crippen molar-refractivity contribution in [3.63, 3.8) is 0 Å². The van der Waals surface area contributed by atoms with E-state index in [4.69, 9.17) is 47.4 Å². The summed E-state index contributed by atoms with van der Waals surface area (Å²) >= 11 is 0. The Kier molecular flexibility index (Phi) is 15.8. The van der Waals surface area contributed by atoms with Crippen molar-refractivity contribution >= 4 is 12.4 Å². The molecular weight excluding hydrogens is 827 g/mol. The van der Waals surface area contributed by atoms with Crippen molar-refractivity contribution in [2.45, 2.75) is 191 Å². The third-order valence-corrected chi connectivity index (χ3v) is 14.8. The van der Waals surface area contributed by atoms with Gasteiger partial charge in [0.15, 0.2) is 18.4 Å². The average Bonchev–Trinajstić information content (AvgIpc) is 3.61. The van der Waals surface area contributed by atoms with E-state index in [1.807, 2.05) is 39.0 Å². The molecule has 6 aliphatic heterocycles. The van der Waals surface area contributed by atoms with E-state index in [-0.39, 0.29) is 55.1 Å². The van der Waals surface area contributed by atoms with Crippen LogP contribution in [0.2, 0.25) is 0 Å². The SMILES string of the molecule is CCC(C)[C@H]1O[C@]2(C=C[C@@H]1C)C[C@@H]1C[C@@H](C/C=C(\C)[C@H](O[C@H]3C[C@H](OC)[C@@H](O[C@H]4C[C@H](OC)[C@H](NC=O)[C@H](C)O4)[C@H](C)O3)[C@@H](C)/C=C/C=C3\CO[C@@H]4[C@H](O)C(C)=C[C@@H](C(=O)O1)[C@]34O)O2. The molecule has 358 valence electrons. The van der Waals surface area contributed by atoms with Crippen molar-refractivity contribution in [3.05, 3.63) is 59.3 Å². The van der Waals surface area contributed by atoms with Gasteiger partial charge < -0.3 is 62.9 Å². The second-order valence-electron chi connectivity index (χ2n) is 19.3. The summed E-state index contributed by atoms with van der Waals surface area (Å²) in [5, 5.41) is 26.6. The lowest BCUT2D eigenvalue weighted by Crippen LogP contribution is -2.58. The lowest BCUT2D eigenvalue weighted by molar-refractivity contribution is -0.311. The van der Waals surface area contributed by atoms with Crippen molar-refractivity contribution in [2.75, 3.05) is 20.8 Å². The number of nitrogens with one attached hydrogen (secondary N) is 1. The third kappa shape index (κ3) is 10.1. The van der Waals surface area contributed by atoms with Crippen molar-refractivity contribution in [3.8, 4) is 0 Å². The molecule has 0 radical (unpaired) electrons. The van der Waals surface area contributed by atoms with Crippen LogP contribution in [0.25, 0.3) is 0 Å². The Morgan fingerprint density at radius 1 is 0.938 bits per heavy atom. The predicted molar refractivity (Wildman–Crippen MR) is 234 cm³/mol. The number of amides is 1. The second-order valence-corrected chi connectivity index (χ2v) is 19.3. The third-order valence-electron chi connectivity index (χ3n) is 14.8. The number of ether oxygens (including phenoxy) is 10. The van der Waals surface area contributed by atoms with E-state index in [0.717, 1.165) is 12.0 Å². The highest BCUT2D eigenvalue weighted by atomic mass is 16.7. The van der Waals surface area contributed by atoms with Crippen LogP contribution in [0.5, 0.6) is 0 Å². The molecule has 1 spiro atoms. The second kappa shape index (κ2) is 20.6. The minimum Gasteiger partial charge on any atom is -0.462 e. The highest BCUT2D eigenvalue weighted by Crippen LogP contribution is 2.47. The molecule has 7 rings (SSSR count). The molecule has 0 aromatic rings. The molecule has 1 amide bonds. The largest absolute Gasteiger partial charge is 0.462 e. The molecule has 0 saturated carbocycles. The Morgan fingerprint density at radius 3 is 2.38 bits per heavy atom. The topological polar surface area (TPSA) is 179 Å². The molecule has 20 atom stereocenters. The first-order chi connectivity index (χ1) is 30.5. The fourth-order valence-electron chi connectivity index (χ4n) is 10.9. The van der Waals surface area contributed by atoms with Crippen LogP contribution in [0.4, 0.5) is 0 Å². The van der Waals surface area contributed by atoms with Gasteiger partial charge in [-0.05, 0) is 62.8 Å². The molecule has 1 unspecified atom stereocenters. The van der Waals surface area contributed by atoms with E-state index in [0.29, 0.717) is 43.2 Å². The van der Waals surface area contributed by atoms with Gasteiger partial charge in [-0.3, -0.25) is 9.59 Å². The van der Waals surface area contributed by atoms with Gasteiger partial charge in [-0.2, -0.15) is 0 Å². The Bertz CT molecular complexity index is 1800. The minimum absolute atomic E-state index is 0.0274. The molecule has 15 heteroatoms. The summed E-state index contributed by atoms with van der Waals surface area (Å²) < 4.78 is 64.2. The number of rotatable bonds is 10. The van der Waals surface area contributed by atoms with E-state index in [1.54, 1.807) is 33.3 Å². The van der Waals surface area contributed by atoms with Gasteiger partial charge in [0.05, 0.1) is 55.4 Å². The van der Waals surface area contributed by atoms with E-state index < -0.39 is 84.7 Å². The molecule has 0 aromatic carbocycles. The summed E-state index contributed by atoms with van der Waals surface area (Å²) in [7, 11) is 3.26. The van der Waals surface area contributed by atoms with Crippen LogP contribution in [0, 0.1) is 23.7 Å². The number of allylic oxidation sites excluding steroid dienone is 2. The molecule has 15 nitrogen and oxygen atoms in total. The summed E-state index contributed by atoms with van der Waals surface area (Å²) in [6.07, 6.45) is 10.1. The maximum absolute atomic E-state index is 14.4. The summed E-state index contributed by atoms with van der Waals surface area (Å²) in [5.41, 5.74) is 0.117. The summed E-state index contributed by atoms with van der Waals surface area (Å²) in [6.45, 7) is 16.2. The number of aliphatic hydroxyl groups excluding tert-OH is 1. The molecule has 2 bridgehead atoms. The Labute approximate surface area is 378 Å². The molecule has 4 fully saturated rings. The molecule has 1 aliphatic carbocycles. The summed E-state index contributed by atoms with van der Waals surface area (Å²) in [6, 6.07) is -0.310. The van der Waals surface area contributed by atoms with Gasteiger partial charge in [0.1, 0.15) is 35.9 Å². The van der Waals surface area contributed by atoms with Gasteiger partial charge >= 0.3 is 5.97 Å². The van der Waals surface area contributed by atoms with Crippen LogP contribution in [-0.2, 0) is 57.0 Å².